The van der Waals surface area contributed by atoms with Crippen molar-refractivity contribution in [1.29, 1.82) is 0 Å². The summed E-state index contributed by atoms with van der Waals surface area (Å²) in [4.78, 5) is 4.92. The van der Waals surface area contributed by atoms with E-state index >= 15 is 0 Å². The van der Waals surface area contributed by atoms with Gasteiger partial charge in [0.2, 0.25) is 0 Å². The fourth-order valence-electron chi connectivity index (χ4n) is 11.1. The molecule has 14 rings (SSSR count). The summed E-state index contributed by atoms with van der Waals surface area (Å²) < 4.78 is 25.5. The molecular formula is C61H45BN2O4. The molecule has 0 aliphatic carbocycles. The van der Waals surface area contributed by atoms with E-state index < -0.39 is 0 Å². The lowest BCUT2D eigenvalue weighted by molar-refractivity contribution is 0.172. The molecule has 6 nitrogen and oxygen atoms in total. The van der Waals surface area contributed by atoms with Gasteiger partial charge in [0.25, 0.3) is 6.71 Å². The fourth-order valence-corrected chi connectivity index (χ4v) is 11.1. The largest absolute Gasteiger partial charge is 0.486 e. The first-order valence-electron chi connectivity index (χ1n) is 23.6. The Bertz CT molecular complexity index is 3880. The minimum atomic E-state index is -0.118. The lowest BCUT2D eigenvalue weighted by Gasteiger charge is -2.45. The molecule has 11 aromatic rings. The highest BCUT2D eigenvalue weighted by atomic mass is 16.6. The lowest BCUT2D eigenvalue weighted by atomic mass is 9.33. The first-order valence-corrected chi connectivity index (χ1v) is 23.6. The van der Waals surface area contributed by atoms with Gasteiger partial charge in [-0.15, -0.1) is 0 Å². The van der Waals surface area contributed by atoms with Gasteiger partial charge in [0.05, 0.1) is 0 Å². The zero-order valence-electron chi connectivity index (χ0n) is 38.3. The Morgan fingerprint density at radius 1 is 0.426 bits per heavy atom. The first kappa shape index (κ1) is 39.1. The molecule has 2 aromatic heterocycles. The maximum atomic E-state index is 6.44. The van der Waals surface area contributed by atoms with Crippen molar-refractivity contribution in [3.05, 3.63) is 187 Å². The number of anilines is 6. The van der Waals surface area contributed by atoms with Gasteiger partial charge in [-0.05, 0) is 147 Å². The number of aryl methyl sites for hydroxylation is 1. The van der Waals surface area contributed by atoms with Gasteiger partial charge >= 0.3 is 0 Å². The van der Waals surface area contributed by atoms with Crippen molar-refractivity contribution in [3.8, 4) is 33.8 Å². The van der Waals surface area contributed by atoms with Crippen LogP contribution in [0.15, 0.2) is 185 Å². The van der Waals surface area contributed by atoms with Gasteiger partial charge < -0.3 is 28.1 Å². The summed E-state index contributed by atoms with van der Waals surface area (Å²) in [5, 5.41) is 4.51. The number of hydrogen-bond donors (Lipinski definition) is 0. The number of nitrogens with zero attached hydrogens (tertiary/aromatic N) is 2. The average Bonchev–Trinajstić information content (AvgIpc) is 3.93. The molecule has 0 atom stereocenters. The van der Waals surface area contributed by atoms with Crippen LogP contribution in [0.1, 0.15) is 31.9 Å². The van der Waals surface area contributed by atoms with E-state index in [4.69, 9.17) is 18.3 Å². The Kier molecular flexibility index (Phi) is 8.28. The van der Waals surface area contributed by atoms with Crippen LogP contribution in [0.3, 0.4) is 0 Å². The molecule has 3 aliphatic heterocycles. The molecule has 68 heavy (non-hydrogen) atoms. The predicted octanol–water partition coefficient (Wildman–Crippen LogP) is 14.3. The monoisotopic (exact) mass is 880 g/mol. The molecule has 0 spiro atoms. The third-order valence-electron chi connectivity index (χ3n) is 14.4. The number of rotatable bonds is 4. The second kappa shape index (κ2) is 14.4. The number of benzene rings is 9. The Morgan fingerprint density at radius 2 is 0.912 bits per heavy atom. The van der Waals surface area contributed by atoms with Gasteiger partial charge in [0.1, 0.15) is 35.5 Å². The fraction of sp³-hybridized carbons (Fsp3) is 0.115. The van der Waals surface area contributed by atoms with Gasteiger partial charge in [-0.1, -0.05) is 106 Å². The summed E-state index contributed by atoms with van der Waals surface area (Å²) in [6.45, 7) is 9.93. The number of ether oxygens (including phenoxy) is 2. The molecule has 0 saturated heterocycles. The maximum absolute atomic E-state index is 6.44. The molecule has 7 heteroatoms. The smallest absolute Gasteiger partial charge is 0.252 e. The summed E-state index contributed by atoms with van der Waals surface area (Å²) >= 11 is 0. The van der Waals surface area contributed by atoms with E-state index in [1.165, 1.54) is 27.5 Å². The lowest BCUT2D eigenvalue weighted by Crippen LogP contribution is -2.61. The minimum Gasteiger partial charge on any atom is -0.486 e. The Labute approximate surface area is 394 Å². The Hall–Kier alpha value is -8.16. The number of fused-ring (bicyclic) bond motifs is 11. The molecular weight excluding hydrogens is 835 g/mol. The highest BCUT2D eigenvalue weighted by Gasteiger charge is 2.44. The van der Waals surface area contributed by atoms with E-state index in [1.807, 2.05) is 24.3 Å². The number of furan rings is 2. The van der Waals surface area contributed by atoms with Crippen molar-refractivity contribution in [2.45, 2.75) is 33.1 Å². The van der Waals surface area contributed by atoms with Crippen LogP contribution in [0, 0.1) is 6.92 Å². The summed E-state index contributed by atoms with van der Waals surface area (Å²) in [5.41, 5.74) is 20.9. The van der Waals surface area contributed by atoms with Crippen molar-refractivity contribution in [2.75, 3.05) is 23.0 Å². The predicted molar refractivity (Wildman–Crippen MR) is 280 cm³/mol. The minimum absolute atomic E-state index is 0.0166. The Balaban J connectivity index is 0.980. The van der Waals surface area contributed by atoms with Crippen molar-refractivity contribution in [3.63, 3.8) is 0 Å². The van der Waals surface area contributed by atoms with E-state index in [0.717, 1.165) is 112 Å². The summed E-state index contributed by atoms with van der Waals surface area (Å²) in [6.07, 6.45) is 0. The number of para-hydroxylation sites is 2. The van der Waals surface area contributed by atoms with Gasteiger partial charge in [-0.25, -0.2) is 0 Å². The highest BCUT2D eigenvalue weighted by Crippen LogP contribution is 2.48. The van der Waals surface area contributed by atoms with Gasteiger partial charge in [0.15, 0.2) is 11.5 Å². The topological polar surface area (TPSA) is 51.2 Å². The van der Waals surface area contributed by atoms with Crippen molar-refractivity contribution in [2.24, 2.45) is 0 Å². The first-order chi connectivity index (χ1) is 33.2. The van der Waals surface area contributed by atoms with E-state index in [1.54, 1.807) is 0 Å². The summed E-state index contributed by atoms with van der Waals surface area (Å²) in [5.74, 6) is 1.55. The molecule has 0 radical (unpaired) electrons. The van der Waals surface area contributed by atoms with Crippen molar-refractivity contribution >= 4 is 101 Å². The summed E-state index contributed by atoms with van der Waals surface area (Å²) in [6, 6.07) is 64.0. The van der Waals surface area contributed by atoms with Crippen molar-refractivity contribution in [1.82, 2.24) is 0 Å². The van der Waals surface area contributed by atoms with Crippen LogP contribution in [0.4, 0.5) is 34.1 Å². The highest BCUT2D eigenvalue weighted by molar-refractivity contribution is 7.00. The zero-order chi connectivity index (χ0) is 45.4. The molecule has 0 bridgehead atoms. The molecule has 0 saturated carbocycles. The zero-order valence-corrected chi connectivity index (χ0v) is 38.3. The molecule has 3 aliphatic rings. The van der Waals surface area contributed by atoms with Crippen LogP contribution in [0.2, 0.25) is 0 Å². The van der Waals surface area contributed by atoms with E-state index in [2.05, 4.69) is 189 Å². The quantitative estimate of drug-likeness (QED) is 0.164. The molecule has 0 fully saturated rings. The molecule has 0 unspecified atom stereocenters. The maximum Gasteiger partial charge on any atom is 0.252 e. The summed E-state index contributed by atoms with van der Waals surface area (Å²) in [7, 11) is 0. The van der Waals surface area contributed by atoms with Gasteiger partial charge in [0, 0.05) is 61.7 Å². The third kappa shape index (κ3) is 5.91. The average molecular weight is 881 g/mol. The Morgan fingerprint density at radius 3 is 1.53 bits per heavy atom. The van der Waals surface area contributed by atoms with E-state index in [-0.39, 0.29) is 12.1 Å². The van der Waals surface area contributed by atoms with Crippen LogP contribution < -0.4 is 35.7 Å². The molecule has 0 N–H and O–H groups in total. The normalized spacial score (nSPS) is 13.9. The molecule has 9 aromatic carbocycles. The number of hydrogen-bond acceptors (Lipinski definition) is 6. The van der Waals surface area contributed by atoms with Crippen LogP contribution in [0.5, 0.6) is 11.5 Å². The van der Waals surface area contributed by atoms with Crippen molar-refractivity contribution < 1.29 is 18.3 Å². The molecule has 5 heterocycles. The van der Waals surface area contributed by atoms with Crippen LogP contribution in [-0.4, -0.2) is 19.9 Å². The SMILES string of the molecule is Cc1cc2c3c(c1)N(c1ccc(C(C)(C)C)cc1)c1cc4c(cc1B3c1cc(-c3ccc5c(c3)oc3ccccc35)ccc1N2c1ccc(-c2ccc3c(c2)oc2ccccc23)cc1)OCCO4. The molecule has 0 amide bonds. The third-order valence-corrected chi connectivity index (χ3v) is 14.4. The molecule has 326 valence electrons. The second-order valence-electron chi connectivity index (χ2n) is 19.6. The second-order valence-corrected chi connectivity index (χ2v) is 19.6. The van der Waals surface area contributed by atoms with E-state index in [0.29, 0.717) is 13.2 Å². The van der Waals surface area contributed by atoms with Gasteiger partial charge in [-0.3, -0.25) is 0 Å². The van der Waals surface area contributed by atoms with Crippen LogP contribution in [0.25, 0.3) is 66.1 Å². The standard InChI is InChI=1S/C61H45BN2O4/c1-36-29-52-60-53(30-36)64(43-22-18-41(19-23-43)61(2,3)4)51-35-59-58(65-27-28-66-59)34-49(51)62(60)48-31-38(40-16-25-47-45-10-6-8-12-55(45)68-57(47)33-40)17-26-50(48)63(52)42-20-13-37(14-21-42)39-15-24-46-44-9-5-7-11-54(44)67-56(46)32-39/h5-26,29-35H,27-28H2,1-4H3. The van der Waals surface area contributed by atoms with E-state index in [9.17, 15) is 0 Å². The van der Waals surface area contributed by atoms with Crippen LogP contribution >= 0.6 is 0 Å². The van der Waals surface area contributed by atoms with Crippen LogP contribution in [-0.2, 0) is 5.41 Å². The van der Waals surface area contributed by atoms with Gasteiger partial charge in [-0.2, -0.15) is 0 Å².